The Hall–Kier alpha value is -0.0800. The Morgan fingerprint density at radius 1 is 1.42 bits per heavy atom. The second kappa shape index (κ2) is 3.35. The topological polar surface area (TPSA) is 18.5 Å². The van der Waals surface area contributed by atoms with Gasteiger partial charge in [-0.2, -0.15) is 0 Å². The van der Waals surface area contributed by atoms with Crippen molar-refractivity contribution in [3.63, 3.8) is 0 Å². The summed E-state index contributed by atoms with van der Waals surface area (Å²) in [5.74, 6) is 1.40. The molecular formula is C10H18O2. The minimum Gasteiger partial charge on any atom is -0.375 e. The third kappa shape index (κ3) is 1.27. The minimum absolute atomic E-state index is 0.417. The summed E-state index contributed by atoms with van der Waals surface area (Å²) in [5.41, 5.74) is 0. The lowest BCUT2D eigenvalue weighted by atomic mass is 9.88. The van der Waals surface area contributed by atoms with Crippen LogP contribution in [0.4, 0.5) is 0 Å². The second-order valence-corrected chi connectivity index (χ2v) is 4.05. The predicted molar refractivity (Wildman–Crippen MR) is 47.0 cm³/mol. The van der Waals surface area contributed by atoms with Gasteiger partial charge in [-0.3, -0.25) is 0 Å². The molecule has 12 heavy (non-hydrogen) atoms. The maximum Gasteiger partial charge on any atom is 0.0890 e. The molecule has 2 saturated heterocycles. The number of fused-ring (bicyclic) bond motifs is 1. The number of hydrogen-bond donors (Lipinski definition) is 0. The van der Waals surface area contributed by atoms with Crippen LogP contribution in [-0.2, 0) is 9.47 Å². The van der Waals surface area contributed by atoms with Gasteiger partial charge in [0.05, 0.1) is 18.8 Å². The van der Waals surface area contributed by atoms with Crippen LogP contribution < -0.4 is 0 Å². The molecule has 0 spiro atoms. The summed E-state index contributed by atoms with van der Waals surface area (Å²) in [5, 5.41) is 0. The Bertz CT molecular complexity index is 158. The number of hydrogen-bond acceptors (Lipinski definition) is 2. The zero-order valence-corrected chi connectivity index (χ0v) is 7.95. The molecule has 2 fully saturated rings. The molecule has 1 unspecified atom stereocenters. The summed E-state index contributed by atoms with van der Waals surface area (Å²) in [6.45, 7) is 6.37. The Morgan fingerprint density at radius 2 is 2.25 bits per heavy atom. The van der Waals surface area contributed by atoms with Crippen molar-refractivity contribution in [1.82, 2.24) is 0 Å². The van der Waals surface area contributed by atoms with E-state index in [-0.39, 0.29) is 0 Å². The molecule has 0 aromatic rings. The van der Waals surface area contributed by atoms with Gasteiger partial charge in [0, 0.05) is 12.5 Å². The molecule has 0 aromatic heterocycles. The van der Waals surface area contributed by atoms with Crippen LogP contribution in [0.25, 0.3) is 0 Å². The van der Waals surface area contributed by atoms with Gasteiger partial charge in [0.25, 0.3) is 0 Å². The van der Waals surface area contributed by atoms with Gasteiger partial charge in [-0.1, -0.05) is 20.3 Å². The van der Waals surface area contributed by atoms with Gasteiger partial charge < -0.3 is 9.47 Å². The predicted octanol–water partition coefficient (Wildman–Crippen LogP) is 1.84. The summed E-state index contributed by atoms with van der Waals surface area (Å²) in [4.78, 5) is 0. The Kier molecular flexibility index (Phi) is 2.37. The van der Waals surface area contributed by atoms with Crippen LogP contribution in [0.15, 0.2) is 0 Å². The van der Waals surface area contributed by atoms with Gasteiger partial charge in [-0.15, -0.1) is 0 Å². The lowest BCUT2D eigenvalue weighted by Crippen LogP contribution is -2.27. The minimum atomic E-state index is 0.417. The monoisotopic (exact) mass is 170 g/mol. The van der Waals surface area contributed by atoms with Crippen molar-refractivity contribution >= 4 is 0 Å². The average Bonchev–Trinajstić information content (AvgIpc) is 2.62. The van der Waals surface area contributed by atoms with E-state index < -0.39 is 0 Å². The van der Waals surface area contributed by atoms with Crippen LogP contribution in [0.1, 0.15) is 26.7 Å². The largest absolute Gasteiger partial charge is 0.375 e. The summed E-state index contributed by atoms with van der Waals surface area (Å²) in [6, 6.07) is 0. The van der Waals surface area contributed by atoms with Crippen LogP contribution in [0, 0.1) is 11.8 Å². The lowest BCUT2D eigenvalue weighted by Gasteiger charge is -2.21. The summed E-state index contributed by atoms with van der Waals surface area (Å²) in [7, 11) is 0. The molecule has 0 amide bonds. The van der Waals surface area contributed by atoms with Crippen molar-refractivity contribution in [3.05, 3.63) is 0 Å². The van der Waals surface area contributed by atoms with Gasteiger partial charge in [-0.05, 0) is 12.3 Å². The van der Waals surface area contributed by atoms with Crippen molar-refractivity contribution in [2.45, 2.75) is 38.9 Å². The van der Waals surface area contributed by atoms with Crippen LogP contribution >= 0.6 is 0 Å². The molecule has 0 bridgehead atoms. The lowest BCUT2D eigenvalue weighted by molar-refractivity contribution is 0.0526. The van der Waals surface area contributed by atoms with E-state index in [4.69, 9.17) is 9.47 Å². The Labute approximate surface area is 74.2 Å². The van der Waals surface area contributed by atoms with Crippen LogP contribution in [0.3, 0.4) is 0 Å². The second-order valence-electron chi connectivity index (χ2n) is 4.05. The molecule has 2 aliphatic heterocycles. The number of ether oxygens (including phenoxy) is 2. The van der Waals surface area contributed by atoms with E-state index >= 15 is 0 Å². The maximum atomic E-state index is 5.69. The standard InChI is InChI=1S/C10H18O2/c1-3-7(2)8-6-12-9-4-5-11-10(8)9/h7-10H,3-6H2,1-2H3/t7?,8-,9+,10+/m0/s1. The molecule has 70 valence electrons. The van der Waals surface area contributed by atoms with Gasteiger partial charge in [0.15, 0.2) is 0 Å². The molecule has 2 heteroatoms. The zero-order chi connectivity index (χ0) is 8.55. The first-order valence-corrected chi connectivity index (χ1v) is 5.06. The maximum absolute atomic E-state index is 5.69. The molecule has 0 saturated carbocycles. The molecule has 2 aliphatic rings. The van der Waals surface area contributed by atoms with E-state index in [1.807, 2.05) is 0 Å². The molecule has 0 N–H and O–H groups in total. The molecule has 0 radical (unpaired) electrons. The van der Waals surface area contributed by atoms with Crippen molar-refractivity contribution in [2.24, 2.45) is 11.8 Å². The average molecular weight is 170 g/mol. The Balaban J connectivity index is 1.99. The Morgan fingerprint density at radius 3 is 3.00 bits per heavy atom. The molecule has 2 nitrogen and oxygen atoms in total. The van der Waals surface area contributed by atoms with Crippen LogP contribution in [0.2, 0.25) is 0 Å². The van der Waals surface area contributed by atoms with E-state index in [1.165, 1.54) is 6.42 Å². The van der Waals surface area contributed by atoms with E-state index in [1.54, 1.807) is 0 Å². The smallest absolute Gasteiger partial charge is 0.0890 e. The summed E-state index contributed by atoms with van der Waals surface area (Å²) < 4.78 is 11.4. The third-order valence-corrected chi connectivity index (χ3v) is 3.38. The van der Waals surface area contributed by atoms with Crippen LogP contribution in [0.5, 0.6) is 0 Å². The fourth-order valence-electron chi connectivity index (χ4n) is 2.29. The van der Waals surface area contributed by atoms with Gasteiger partial charge in [0.2, 0.25) is 0 Å². The van der Waals surface area contributed by atoms with Crippen LogP contribution in [-0.4, -0.2) is 25.4 Å². The van der Waals surface area contributed by atoms with E-state index in [9.17, 15) is 0 Å². The van der Waals surface area contributed by atoms with E-state index in [0.717, 1.165) is 25.6 Å². The first-order valence-electron chi connectivity index (χ1n) is 5.06. The molecule has 4 atom stereocenters. The zero-order valence-electron chi connectivity index (χ0n) is 7.95. The fraction of sp³-hybridized carbons (Fsp3) is 1.00. The number of rotatable bonds is 2. The van der Waals surface area contributed by atoms with Crippen molar-refractivity contribution in [3.8, 4) is 0 Å². The van der Waals surface area contributed by atoms with E-state index in [2.05, 4.69) is 13.8 Å². The van der Waals surface area contributed by atoms with Gasteiger partial charge >= 0.3 is 0 Å². The highest BCUT2D eigenvalue weighted by Gasteiger charge is 2.43. The summed E-state index contributed by atoms with van der Waals surface area (Å²) >= 11 is 0. The quantitative estimate of drug-likeness (QED) is 0.629. The summed E-state index contributed by atoms with van der Waals surface area (Å²) in [6.07, 6.45) is 3.18. The molecule has 2 rings (SSSR count). The molecule has 2 heterocycles. The first kappa shape index (κ1) is 8.52. The van der Waals surface area contributed by atoms with Crippen molar-refractivity contribution < 1.29 is 9.47 Å². The highest BCUT2D eigenvalue weighted by Crippen LogP contribution is 2.35. The molecule has 0 aromatic carbocycles. The third-order valence-electron chi connectivity index (χ3n) is 3.38. The van der Waals surface area contributed by atoms with Crippen molar-refractivity contribution in [1.29, 1.82) is 0 Å². The SMILES string of the molecule is CCC(C)[C@@H]1CO[C@@H]2CCO[C@@H]21. The van der Waals surface area contributed by atoms with Gasteiger partial charge in [-0.25, -0.2) is 0 Å². The molecule has 0 aliphatic carbocycles. The van der Waals surface area contributed by atoms with E-state index in [0.29, 0.717) is 18.1 Å². The van der Waals surface area contributed by atoms with Gasteiger partial charge in [0.1, 0.15) is 0 Å². The molecular weight excluding hydrogens is 152 g/mol. The fourth-order valence-corrected chi connectivity index (χ4v) is 2.29. The normalized spacial score (nSPS) is 43.0. The first-order chi connectivity index (χ1) is 5.83. The highest BCUT2D eigenvalue weighted by molar-refractivity contribution is 4.90. The highest BCUT2D eigenvalue weighted by atomic mass is 16.6. The van der Waals surface area contributed by atoms with Crippen molar-refractivity contribution in [2.75, 3.05) is 13.2 Å².